The molecule has 172 valence electrons. The average Bonchev–Trinajstić information content (AvgIpc) is 3.29. The van der Waals surface area contributed by atoms with Gasteiger partial charge < -0.3 is 20.5 Å². The minimum atomic E-state index is -0.638. The van der Waals surface area contributed by atoms with Crippen LogP contribution in [0.3, 0.4) is 0 Å². The molecule has 0 aliphatic heterocycles. The standard InChI is InChI=1S/C24H27N5O4/c1-15(2)33-21-11-5-17(13-22(21)32-4)6-12-23(30)26-16(3)18-7-9-19(10-8-18)29-14-20(24(25)31)27-28-29/h5-16H,1-4H3,(H2,25,31)(H,26,30)/b12-6+. The Morgan fingerprint density at radius 3 is 2.42 bits per heavy atom. The summed E-state index contributed by atoms with van der Waals surface area (Å²) in [6, 6.07) is 12.7. The molecular weight excluding hydrogens is 422 g/mol. The van der Waals surface area contributed by atoms with Crippen LogP contribution in [0.5, 0.6) is 11.5 Å². The Morgan fingerprint density at radius 2 is 1.82 bits per heavy atom. The Labute approximate surface area is 192 Å². The van der Waals surface area contributed by atoms with E-state index in [1.807, 2.05) is 63.2 Å². The number of carbonyl (C=O) groups excluding carboxylic acids is 2. The maximum Gasteiger partial charge on any atom is 0.270 e. The van der Waals surface area contributed by atoms with Crippen molar-refractivity contribution in [3.05, 3.63) is 71.6 Å². The number of nitrogens with zero attached hydrogens (tertiary/aromatic N) is 3. The van der Waals surface area contributed by atoms with Crippen LogP contribution < -0.4 is 20.5 Å². The molecule has 0 saturated carbocycles. The molecule has 2 amide bonds. The van der Waals surface area contributed by atoms with Gasteiger partial charge in [-0.25, -0.2) is 4.68 Å². The van der Waals surface area contributed by atoms with Crippen LogP contribution in [0.25, 0.3) is 11.8 Å². The topological polar surface area (TPSA) is 121 Å². The number of carbonyl (C=O) groups is 2. The van der Waals surface area contributed by atoms with Gasteiger partial charge in [0.25, 0.3) is 5.91 Å². The molecule has 0 saturated heterocycles. The Bertz CT molecular complexity index is 1150. The molecule has 1 heterocycles. The number of hydrogen-bond acceptors (Lipinski definition) is 6. The number of benzene rings is 2. The first kappa shape index (κ1) is 23.5. The Kier molecular flexibility index (Phi) is 7.45. The molecule has 9 nitrogen and oxygen atoms in total. The van der Waals surface area contributed by atoms with Gasteiger partial charge in [0, 0.05) is 6.08 Å². The van der Waals surface area contributed by atoms with Crippen LogP contribution in [-0.2, 0) is 4.79 Å². The zero-order chi connectivity index (χ0) is 24.0. The van der Waals surface area contributed by atoms with Gasteiger partial charge in [-0.1, -0.05) is 23.4 Å². The molecule has 1 unspecified atom stereocenters. The second kappa shape index (κ2) is 10.4. The van der Waals surface area contributed by atoms with Gasteiger partial charge in [-0.05, 0) is 62.2 Å². The average molecular weight is 450 g/mol. The van der Waals surface area contributed by atoms with Gasteiger partial charge in [0.05, 0.1) is 31.1 Å². The fourth-order valence-corrected chi connectivity index (χ4v) is 3.07. The number of aromatic nitrogens is 3. The number of hydrogen-bond donors (Lipinski definition) is 2. The van der Waals surface area contributed by atoms with Crippen molar-refractivity contribution in [1.29, 1.82) is 0 Å². The van der Waals surface area contributed by atoms with E-state index in [0.29, 0.717) is 11.5 Å². The Balaban J connectivity index is 1.62. The second-order valence-electron chi connectivity index (χ2n) is 7.64. The number of nitrogens with one attached hydrogen (secondary N) is 1. The second-order valence-corrected chi connectivity index (χ2v) is 7.64. The lowest BCUT2D eigenvalue weighted by Crippen LogP contribution is -2.24. The number of nitrogens with two attached hydrogens (primary N) is 1. The lowest BCUT2D eigenvalue weighted by molar-refractivity contribution is -0.117. The van der Waals surface area contributed by atoms with Crippen LogP contribution in [0.1, 0.15) is 48.4 Å². The summed E-state index contributed by atoms with van der Waals surface area (Å²) in [6.45, 7) is 5.78. The normalized spacial score (nSPS) is 12.0. The molecule has 0 fully saturated rings. The van der Waals surface area contributed by atoms with Crippen LogP contribution in [-0.4, -0.2) is 40.0 Å². The predicted octanol–water partition coefficient (Wildman–Crippen LogP) is 3.05. The fourth-order valence-electron chi connectivity index (χ4n) is 3.07. The van der Waals surface area contributed by atoms with E-state index in [0.717, 1.165) is 16.8 Å². The largest absolute Gasteiger partial charge is 0.493 e. The summed E-state index contributed by atoms with van der Waals surface area (Å²) in [4.78, 5) is 23.6. The highest BCUT2D eigenvalue weighted by molar-refractivity contribution is 5.92. The van der Waals surface area contributed by atoms with Crippen molar-refractivity contribution in [1.82, 2.24) is 20.3 Å². The number of rotatable bonds is 9. The lowest BCUT2D eigenvalue weighted by atomic mass is 10.1. The molecule has 33 heavy (non-hydrogen) atoms. The molecule has 9 heteroatoms. The van der Waals surface area contributed by atoms with Gasteiger partial charge in [-0.15, -0.1) is 5.10 Å². The zero-order valence-corrected chi connectivity index (χ0v) is 19.0. The van der Waals surface area contributed by atoms with Gasteiger partial charge in [0.1, 0.15) is 0 Å². The highest BCUT2D eigenvalue weighted by atomic mass is 16.5. The van der Waals surface area contributed by atoms with Gasteiger partial charge in [-0.3, -0.25) is 9.59 Å². The molecule has 3 rings (SSSR count). The van der Waals surface area contributed by atoms with Gasteiger partial charge in [0.2, 0.25) is 5.91 Å². The third kappa shape index (κ3) is 6.19. The summed E-state index contributed by atoms with van der Waals surface area (Å²) in [6.07, 6.45) is 4.69. The highest BCUT2D eigenvalue weighted by Gasteiger charge is 2.11. The molecule has 0 bridgehead atoms. The molecule has 0 spiro atoms. The molecule has 2 aromatic carbocycles. The minimum absolute atomic E-state index is 0.0328. The van der Waals surface area contributed by atoms with Crippen LogP contribution in [0.15, 0.2) is 54.7 Å². The summed E-state index contributed by atoms with van der Waals surface area (Å²) in [7, 11) is 1.58. The molecule has 0 radical (unpaired) electrons. The smallest absolute Gasteiger partial charge is 0.270 e. The van der Waals surface area contributed by atoms with Gasteiger partial charge in [0.15, 0.2) is 17.2 Å². The van der Waals surface area contributed by atoms with E-state index in [9.17, 15) is 9.59 Å². The summed E-state index contributed by atoms with van der Waals surface area (Å²) in [5.41, 5.74) is 7.74. The summed E-state index contributed by atoms with van der Waals surface area (Å²) >= 11 is 0. The van der Waals surface area contributed by atoms with Crippen molar-refractivity contribution in [3.63, 3.8) is 0 Å². The number of ether oxygens (including phenoxy) is 2. The van der Waals surface area contributed by atoms with E-state index < -0.39 is 5.91 Å². The molecule has 0 aliphatic rings. The molecule has 1 aromatic heterocycles. The lowest BCUT2D eigenvalue weighted by Gasteiger charge is -2.14. The van der Waals surface area contributed by atoms with E-state index in [-0.39, 0.29) is 23.7 Å². The number of methoxy groups -OCH3 is 1. The first-order chi connectivity index (χ1) is 15.8. The predicted molar refractivity (Wildman–Crippen MR) is 124 cm³/mol. The van der Waals surface area contributed by atoms with Crippen molar-refractivity contribution < 1.29 is 19.1 Å². The quantitative estimate of drug-likeness (QED) is 0.484. The molecular formula is C24H27N5O4. The van der Waals surface area contributed by atoms with Gasteiger partial charge in [-0.2, -0.15) is 0 Å². The van der Waals surface area contributed by atoms with E-state index in [4.69, 9.17) is 15.2 Å². The molecule has 1 atom stereocenters. The minimum Gasteiger partial charge on any atom is -0.493 e. The van der Waals surface area contributed by atoms with Crippen molar-refractivity contribution in [2.24, 2.45) is 5.73 Å². The summed E-state index contributed by atoms with van der Waals surface area (Å²) < 4.78 is 12.5. The van der Waals surface area contributed by atoms with Crippen molar-refractivity contribution in [2.75, 3.05) is 7.11 Å². The van der Waals surface area contributed by atoms with Crippen molar-refractivity contribution in [2.45, 2.75) is 32.9 Å². The van der Waals surface area contributed by atoms with E-state index in [2.05, 4.69) is 15.6 Å². The molecule has 3 N–H and O–H groups in total. The first-order valence-corrected chi connectivity index (χ1v) is 10.4. The van der Waals surface area contributed by atoms with E-state index in [1.54, 1.807) is 13.2 Å². The first-order valence-electron chi connectivity index (χ1n) is 10.4. The molecule has 3 aromatic rings. The summed E-state index contributed by atoms with van der Waals surface area (Å²) in [5, 5.41) is 10.5. The number of primary amides is 1. The van der Waals surface area contributed by atoms with Crippen LogP contribution in [0, 0.1) is 0 Å². The van der Waals surface area contributed by atoms with Crippen LogP contribution in [0.2, 0.25) is 0 Å². The maximum atomic E-state index is 12.4. The fraction of sp³-hybridized carbons (Fsp3) is 0.250. The maximum absolute atomic E-state index is 12.4. The van der Waals surface area contributed by atoms with Crippen molar-refractivity contribution in [3.8, 4) is 17.2 Å². The van der Waals surface area contributed by atoms with Crippen molar-refractivity contribution >= 4 is 17.9 Å². The molecule has 0 aliphatic carbocycles. The third-order valence-electron chi connectivity index (χ3n) is 4.74. The Hall–Kier alpha value is -4.14. The highest BCUT2D eigenvalue weighted by Crippen LogP contribution is 2.29. The van der Waals surface area contributed by atoms with Gasteiger partial charge >= 0.3 is 0 Å². The third-order valence-corrected chi connectivity index (χ3v) is 4.74. The zero-order valence-electron chi connectivity index (χ0n) is 19.0. The van der Waals surface area contributed by atoms with E-state index >= 15 is 0 Å². The Morgan fingerprint density at radius 1 is 1.09 bits per heavy atom. The van der Waals surface area contributed by atoms with E-state index in [1.165, 1.54) is 17.0 Å². The monoisotopic (exact) mass is 449 g/mol. The van der Waals surface area contributed by atoms with Crippen LogP contribution in [0.4, 0.5) is 0 Å². The van der Waals surface area contributed by atoms with Crippen LogP contribution >= 0.6 is 0 Å². The summed E-state index contributed by atoms with van der Waals surface area (Å²) in [5.74, 6) is 0.397. The number of amides is 2. The SMILES string of the molecule is COc1cc(/C=C/C(=O)NC(C)c2ccc(-n3cc(C(N)=O)nn3)cc2)ccc1OC(C)C.